The molecule has 2 aliphatic rings. The molecule has 2 atom stereocenters. The third-order valence-corrected chi connectivity index (χ3v) is 6.05. The van der Waals surface area contributed by atoms with Gasteiger partial charge in [0.05, 0.1) is 29.4 Å². The molecule has 3 rings (SSSR count). The third-order valence-electron chi connectivity index (χ3n) is 5.50. The number of nitrogens with zero attached hydrogens (tertiary/aromatic N) is 1. The summed E-state index contributed by atoms with van der Waals surface area (Å²) in [4.78, 5) is 22.8. The molecule has 3 heterocycles. The van der Waals surface area contributed by atoms with Gasteiger partial charge in [-0.2, -0.15) is 11.8 Å². The van der Waals surface area contributed by atoms with Crippen LogP contribution in [-0.4, -0.2) is 76.4 Å². The van der Waals surface area contributed by atoms with Crippen LogP contribution in [0, 0.1) is 0 Å². The minimum Gasteiger partial charge on any atom is -0.483 e. The van der Waals surface area contributed by atoms with E-state index in [0.717, 1.165) is 38.0 Å². The van der Waals surface area contributed by atoms with Crippen molar-refractivity contribution in [3.63, 3.8) is 0 Å². The maximum Gasteiger partial charge on any atom is 0.290 e. The van der Waals surface area contributed by atoms with E-state index in [1.165, 1.54) is 11.8 Å². The number of piperidine rings is 1. The van der Waals surface area contributed by atoms with Gasteiger partial charge in [0.1, 0.15) is 6.10 Å². The van der Waals surface area contributed by atoms with E-state index in [0.29, 0.717) is 18.8 Å². The molecule has 1 spiro atoms. The molecule has 2 fully saturated rings. The van der Waals surface area contributed by atoms with Crippen molar-refractivity contribution in [2.75, 3.05) is 31.7 Å². The maximum atomic E-state index is 12.1. The molecule has 1 aromatic heterocycles. The molecule has 2 saturated heterocycles. The zero-order chi connectivity index (χ0) is 20.6. The summed E-state index contributed by atoms with van der Waals surface area (Å²) in [5.74, 6) is 0.387. The topological polar surface area (TPSA) is 112 Å². The standard InChI is InChI=1S/C18H28N2O4S.CH2O2/c1-17(19-15(21)13-25-2)6-10-24-18(16(17)22)4-7-20(8-5-18)11-14-3-9-23-12-14;2-1-3/h3,9,12,16,22H,4-8,10-11,13H2,1-2H3,(H,19,21);1H,(H,2,3)/t16-,17+;/m0./s1. The summed E-state index contributed by atoms with van der Waals surface area (Å²) in [5, 5.41) is 21.0. The fraction of sp³-hybridized carbons (Fsp3) is 0.684. The highest BCUT2D eigenvalue weighted by Crippen LogP contribution is 2.40. The molecule has 3 N–H and O–H groups in total. The summed E-state index contributed by atoms with van der Waals surface area (Å²) < 4.78 is 11.2. The number of hydrogen-bond acceptors (Lipinski definition) is 7. The second kappa shape index (κ2) is 10.3. The lowest BCUT2D eigenvalue weighted by atomic mass is 9.73. The second-order valence-electron chi connectivity index (χ2n) is 7.48. The lowest BCUT2D eigenvalue weighted by Crippen LogP contribution is -2.69. The van der Waals surface area contributed by atoms with Gasteiger partial charge >= 0.3 is 0 Å². The van der Waals surface area contributed by atoms with E-state index in [2.05, 4.69) is 10.2 Å². The summed E-state index contributed by atoms with van der Waals surface area (Å²) in [7, 11) is 0. The van der Waals surface area contributed by atoms with E-state index in [1.54, 1.807) is 12.5 Å². The quantitative estimate of drug-likeness (QED) is 0.619. The molecule has 0 unspecified atom stereocenters. The van der Waals surface area contributed by atoms with Crippen molar-refractivity contribution in [1.82, 2.24) is 10.2 Å². The number of aliphatic hydroxyl groups excluding tert-OH is 1. The zero-order valence-corrected chi connectivity index (χ0v) is 17.2. The van der Waals surface area contributed by atoms with E-state index >= 15 is 0 Å². The van der Waals surface area contributed by atoms with Crippen molar-refractivity contribution in [3.8, 4) is 0 Å². The van der Waals surface area contributed by atoms with Crippen LogP contribution in [0.25, 0.3) is 0 Å². The lowest BCUT2D eigenvalue weighted by Gasteiger charge is -2.53. The number of carbonyl (C=O) groups is 2. The van der Waals surface area contributed by atoms with Crippen LogP contribution in [0.15, 0.2) is 23.0 Å². The number of thioether (sulfide) groups is 1. The average molecular weight is 415 g/mol. The maximum absolute atomic E-state index is 12.1. The molecule has 0 radical (unpaired) electrons. The van der Waals surface area contributed by atoms with Crippen molar-refractivity contribution in [2.45, 2.75) is 50.0 Å². The predicted molar refractivity (Wildman–Crippen MR) is 106 cm³/mol. The van der Waals surface area contributed by atoms with Gasteiger partial charge in [0, 0.05) is 31.8 Å². The number of nitrogens with one attached hydrogen (secondary N) is 1. The van der Waals surface area contributed by atoms with E-state index in [9.17, 15) is 9.90 Å². The van der Waals surface area contributed by atoms with Crippen molar-refractivity contribution < 1.29 is 29.0 Å². The molecule has 0 aromatic carbocycles. The molecular weight excluding hydrogens is 384 g/mol. The number of carbonyl (C=O) groups excluding carboxylic acids is 1. The summed E-state index contributed by atoms with van der Waals surface area (Å²) in [6.45, 7) is 4.82. The second-order valence-corrected chi connectivity index (χ2v) is 8.34. The fourth-order valence-corrected chi connectivity index (χ4v) is 4.36. The summed E-state index contributed by atoms with van der Waals surface area (Å²) in [5.41, 5.74) is -0.0279. The van der Waals surface area contributed by atoms with Crippen LogP contribution in [-0.2, 0) is 20.9 Å². The Kier molecular flexibility index (Phi) is 8.36. The van der Waals surface area contributed by atoms with Crippen molar-refractivity contribution in [2.24, 2.45) is 0 Å². The van der Waals surface area contributed by atoms with Gasteiger partial charge in [0.2, 0.25) is 5.91 Å². The Hall–Kier alpha value is -1.55. The number of amides is 1. The van der Waals surface area contributed by atoms with Gasteiger partial charge in [-0.1, -0.05) is 0 Å². The first kappa shape index (κ1) is 22.7. The largest absolute Gasteiger partial charge is 0.483 e. The average Bonchev–Trinajstić information content (AvgIpc) is 3.16. The zero-order valence-electron chi connectivity index (χ0n) is 16.4. The van der Waals surface area contributed by atoms with Crippen LogP contribution < -0.4 is 5.32 Å². The Labute approximate surface area is 169 Å². The highest BCUT2D eigenvalue weighted by Gasteiger charge is 2.53. The predicted octanol–water partition coefficient (Wildman–Crippen LogP) is 1.33. The lowest BCUT2D eigenvalue weighted by molar-refractivity contribution is -0.208. The molecule has 9 heteroatoms. The SMILES string of the molecule is CSCC(=O)N[C@]1(C)CCOC2(CCN(Cc3ccoc3)CC2)[C@H]1O.O=CO. The Bertz CT molecular complexity index is 618. The van der Waals surface area contributed by atoms with Crippen LogP contribution in [0.2, 0.25) is 0 Å². The first-order valence-electron chi connectivity index (χ1n) is 9.32. The summed E-state index contributed by atoms with van der Waals surface area (Å²) in [6, 6.07) is 1.98. The van der Waals surface area contributed by atoms with Gasteiger partial charge < -0.3 is 24.7 Å². The monoisotopic (exact) mass is 414 g/mol. The number of rotatable bonds is 5. The fourth-order valence-electron chi connectivity index (χ4n) is 4.03. The molecule has 28 heavy (non-hydrogen) atoms. The number of carboxylic acid groups (broad SMARTS) is 1. The Morgan fingerprint density at radius 3 is 2.68 bits per heavy atom. The first-order valence-corrected chi connectivity index (χ1v) is 10.7. The molecular formula is C19H30N2O6S. The van der Waals surface area contributed by atoms with E-state index in [1.807, 2.05) is 19.2 Å². The molecule has 0 saturated carbocycles. The van der Waals surface area contributed by atoms with Gasteiger partial charge in [0.25, 0.3) is 6.47 Å². The third kappa shape index (κ3) is 5.50. The Morgan fingerprint density at radius 2 is 2.11 bits per heavy atom. The minimum absolute atomic E-state index is 0.0245. The highest BCUT2D eigenvalue weighted by molar-refractivity contribution is 7.99. The smallest absolute Gasteiger partial charge is 0.290 e. The van der Waals surface area contributed by atoms with Gasteiger partial charge in [-0.25, -0.2) is 0 Å². The minimum atomic E-state index is -0.698. The normalized spacial score (nSPS) is 26.9. The highest BCUT2D eigenvalue weighted by atomic mass is 32.2. The molecule has 8 nitrogen and oxygen atoms in total. The van der Waals surface area contributed by atoms with Crippen LogP contribution in [0.1, 0.15) is 31.7 Å². The van der Waals surface area contributed by atoms with Gasteiger partial charge in [-0.3, -0.25) is 14.5 Å². The van der Waals surface area contributed by atoms with Crippen LogP contribution in [0.3, 0.4) is 0 Å². The van der Waals surface area contributed by atoms with Gasteiger partial charge in [-0.05, 0) is 38.5 Å². The molecule has 1 aromatic rings. The Morgan fingerprint density at radius 1 is 1.43 bits per heavy atom. The van der Waals surface area contributed by atoms with Crippen molar-refractivity contribution in [3.05, 3.63) is 24.2 Å². The van der Waals surface area contributed by atoms with E-state index in [-0.39, 0.29) is 12.4 Å². The van der Waals surface area contributed by atoms with Crippen molar-refractivity contribution >= 4 is 24.1 Å². The van der Waals surface area contributed by atoms with E-state index < -0.39 is 17.2 Å². The van der Waals surface area contributed by atoms with E-state index in [4.69, 9.17) is 19.1 Å². The number of likely N-dealkylation sites (tertiary alicyclic amines) is 1. The number of furan rings is 1. The number of ether oxygens (including phenoxy) is 1. The van der Waals surface area contributed by atoms with Crippen LogP contribution >= 0.6 is 11.8 Å². The number of aliphatic hydroxyl groups is 1. The van der Waals surface area contributed by atoms with Crippen LogP contribution in [0.5, 0.6) is 0 Å². The Balaban J connectivity index is 0.000000878. The summed E-state index contributed by atoms with van der Waals surface area (Å²) >= 11 is 1.49. The summed E-state index contributed by atoms with van der Waals surface area (Å²) in [6.07, 6.45) is 6.83. The molecule has 0 aliphatic carbocycles. The number of hydrogen-bond donors (Lipinski definition) is 3. The van der Waals surface area contributed by atoms with Gasteiger partial charge in [0.15, 0.2) is 0 Å². The van der Waals surface area contributed by atoms with Gasteiger partial charge in [-0.15, -0.1) is 0 Å². The molecule has 1 amide bonds. The molecule has 0 bridgehead atoms. The first-order chi connectivity index (χ1) is 13.4. The molecule has 158 valence electrons. The van der Waals surface area contributed by atoms with Crippen LogP contribution in [0.4, 0.5) is 0 Å². The molecule has 2 aliphatic heterocycles. The van der Waals surface area contributed by atoms with Crippen molar-refractivity contribution in [1.29, 1.82) is 0 Å².